The predicted molar refractivity (Wildman–Crippen MR) is 114 cm³/mol. The van der Waals surface area contributed by atoms with Crippen molar-refractivity contribution in [3.05, 3.63) is 22.6 Å². The minimum Gasteiger partial charge on any atom is -0.474 e. The number of fused-ring (bicyclic) bond motifs is 1. The van der Waals surface area contributed by atoms with Gasteiger partial charge in [-0.15, -0.1) is 11.3 Å². The lowest BCUT2D eigenvalue weighted by atomic mass is 10.0. The summed E-state index contributed by atoms with van der Waals surface area (Å²) >= 11 is 0.817. The second-order valence-corrected chi connectivity index (χ2v) is 9.58. The molecule has 0 radical (unpaired) electrons. The summed E-state index contributed by atoms with van der Waals surface area (Å²) in [5, 5.41) is 3.77. The summed E-state index contributed by atoms with van der Waals surface area (Å²) in [4.78, 5) is 30.3. The summed E-state index contributed by atoms with van der Waals surface area (Å²) in [7, 11) is 1.40. The van der Waals surface area contributed by atoms with Crippen molar-refractivity contribution in [3.8, 4) is 5.88 Å². The van der Waals surface area contributed by atoms with Crippen molar-refractivity contribution in [2.75, 3.05) is 13.6 Å². The molecule has 2 aromatic heterocycles. The van der Waals surface area contributed by atoms with Crippen molar-refractivity contribution in [1.29, 1.82) is 0 Å². The van der Waals surface area contributed by atoms with Crippen LogP contribution >= 0.6 is 11.3 Å². The third kappa shape index (κ3) is 5.25. The van der Waals surface area contributed by atoms with Gasteiger partial charge in [0, 0.05) is 43.9 Å². The maximum absolute atomic E-state index is 13.7. The summed E-state index contributed by atoms with van der Waals surface area (Å²) in [5.41, 5.74) is -1.49. The van der Waals surface area contributed by atoms with Crippen LogP contribution < -0.4 is 10.1 Å². The summed E-state index contributed by atoms with van der Waals surface area (Å²) in [6.07, 6.45) is -4.67. The molecular weight excluding hydrogens is 447 g/mol. The number of carbonyl (C=O) groups is 2. The number of hydrogen-bond acceptors (Lipinski definition) is 6. The largest absolute Gasteiger partial charge is 0.474 e. The number of aromatic nitrogens is 1. The fourth-order valence-electron chi connectivity index (χ4n) is 3.55. The standard InChI is InChI=1S/C21H26F3N3O4S/c1-11-8-12(6-7-27(11)19(29)31-20(2,3)4)30-15-9-14(21(22,23)24)17-16(26-15)13(10-32-17)18(28)25-5/h9-12H,6-8H2,1-5H3,(H,25,28)/t11-,12+/m0/s1. The van der Waals surface area contributed by atoms with Gasteiger partial charge in [-0.3, -0.25) is 4.79 Å². The number of piperidine rings is 1. The number of ether oxygens (including phenoxy) is 2. The van der Waals surface area contributed by atoms with Crippen LogP contribution in [0.1, 0.15) is 56.5 Å². The number of pyridine rings is 1. The Bertz CT molecular complexity index is 1020. The zero-order valence-corrected chi connectivity index (χ0v) is 19.3. The molecule has 3 heterocycles. The van der Waals surface area contributed by atoms with Crippen LogP contribution in [0.4, 0.5) is 18.0 Å². The minimum atomic E-state index is -4.63. The molecule has 0 spiro atoms. The van der Waals surface area contributed by atoms with Crippen molar-refractivity contribution in [3.63, 3.8) is 0 Å². The highest BCUT2D eigenvalue weighted by molar-refractivity contribution is 7.17. The first-order valence-electron chi connectivity index (χ1n) is 10.2. The van der Waals surface area contributed by atoms with Crippen molar-refractivity contribution in [1.82, 2.24) is 15.2 Å². The zero-order chi connectivity index (χ0) is 23.8. The van der Waals surface area contributed by atoms with Gasteiger partial charge in [0.25, 0.3) is 5.91 Å². The summed E-state index contributed by atoms with van der Waals surface area (Å²) < 4.78 is 52.1. The van der Waals surface area contributed by atoms with Crippen LogP contribution in [-0.2, 0) is 10.9 Å². The molecule has 1 aliphatic heterocycles. The molecule has 2 aromatic rings. The van der Waals surface area contributed by atoms with E-state index in [1.54, 1.807) is 25.7 Å². The lowest BCUT2D eigenvalue weighted by Crippen LogP contribution is -2.49. The summed E-state index contributed by atoms with van der Waals surface area (Å²) in [5.74, 6) is -0.718. The van der Waals surface area contributed by atoms with Gasteiger partial charge in [-0.1, -0.05) is 0 Å². The number of likely N-dealkylation sites (tertiary alicyclic amines) is 1. The van der Waals surface area contributed by atoms with Crippen molar-refractivity contribution < 1.29 is 32.2 Å². The van der Waals surface area contributed by atoms with Crippen molar-refractivity contribution in [2.24, 2.45) is 0 Å². The topological polar surface area (TPSA) is 80.8 Å². The molecule has 1 N–H and O–H groups in total. The van der Waals surface area contributed by atoms with Crippen LogP contribution in [0.3, 0.4) is 0 Å². The van der Waals surface area contributed by atoms with E-state index < -0.39 is 35.4 Å². The first-order valence-corrected chi connectivity index (χ1v) is 11.1. The van der Waals surface area contributed by atoms with Crippen molar-refractivity contribution in [2.45, 2.75) is 64.5 Å². The molecule has 0 aliphatic carbocycles. The zero-order valence-electron chi connectivity index (χ0n) is 18.5. The molecule has 0 unspecified atom stereocenters. The maximum Gasteiger partial charge on any atom is 0.418 e. The molecule has 0 aromatic carbocycles. The van der Waals surface area contributed by atoms with E-state index in [-0.39, 0.29) is 27.7 Å². The van der Waals surface area contributed by atoms with Gasteiger partial charge in [0.2, 0.25) is 5.88 Å². The van der Waals surface area contributed by atoms with Gasteiger partial charge >= 0.3 is 12.3 Å². The van der Waals surface area contributed by atoms with E-state index in [9.17, 15) is 22.8 Å². The normalized spacial score (nSPS) is 19.7. The van der Waals surface area contributed by atoms with Gasteiger partial charge in [0.15, 0.2) is 0 Å². The van der Waals surface area contributed by atoms with Gasteiger partial charge in [-0.2, -0.15) is 13.2 Å². The molecule has 1 fully saturated rings. The number of halogens is 3. The Hall–Kier alpha value is -2.56. The molecular formula is C21H26F3N3O4S. The monoisotopic (exact) mass is 473 g/mol. The van der Waals surface area contributed by atoms with Gasteiger partial charge < -0.3 is 19.7 Å². The second kappa shape index (κ2) is 8.76. The number of nitrogens with zero attached hydrogens (tertiary/aromatic N) is 2. The van der Waals surface area contributed by atoms with E-state index in [4.69, 9.17) is 9.47 Å². The Morgan fingerprint density at radius 1 is 1.28 bits per heavy atom. The van der Waals surface area contributed by atoms with Crippen LogP contribution in [0.2, 0.25) is 0 Å². The Kier molecular flexibility index (Phi) is 6.60. The minimum absolute atomic E-state index is 0.0431. The third-order valence-electron chi connectivity index (χ3n) is 5.02. The molecule has 1 saturated heterocycles. The Labute approximate surface area is 187 Å². The number of nitrogens with one attached hydrogen (secondary N) is 1. The molecule has 2 amide bonds. The van der Waals surface area contributed by atoms with E-state index in [2.05, 4.69) is 10.3 Å². The van der Waals surface area contributed by atoms with Crippen LogP contribution in [-0.4, -0.2) is 53.2 Å². The quantitative estimate of drug-likeness (QED) is 0.690. The summed E-state index contributed by atoms with van der Waals surface area (Å²) in [6, 6.07) is 0.647. The number of rotatable bonds is 3. The fraction of sp³-hybridized carbons (Fsp3) is 0.571. The molecule has 11 heteroatoms. The van der Waals surface area contributed by atoms with Crippen LogP contribution in [0.25, 0.3) is 10.2 Å². The van der Waals surface area contributed by atoms with E-state index in [1.165, 1.54) is 12.4 Å². The van der Waals surface area contributed by atoms with Crippen LogP contribution in [0.5, 0.6) is 5.88 Å². The Balaban J connectivity index is 1.83. The summed E-state index contributed by atoms with van der Waals surface area (Å²) in [6.45, 7) is 7.52. The average Bonchev–Trinajstić information content (AvgIpc) is 3.08. The highest BCUT2D eigenvalue weighted by atomic mass is 32.1. The Morgan fingerprint density at radius 3 is 2.53 bits per heavy atom. The number of alkyl halides is 3. The second-order valence-electron chi connectivity index (χ2n) is 8.70. The molecule has 2 atom stereocenters. The number of carbonyl (C=O) groups excluding carboxylic acids is 2. The average molecular weight is 474 g/mol. The molecule has 7 nitrogen and oxygen atoms in total. The van der Waals surface area contributed by atoms with Crippen LogP contribution in [0, 0.1) is 0 Å². The Morgan fingerprint density at radius 2 is 1.97 bits per heavy atom. The first kappa shape index (κ1) is 24.1. The predicted octanol–water partition coefficient (Wildman–Crippen LogP) is 4.84. The first-order chi connectivity index (χ1) is 14.8. The van der Waals surface area contributed by atoms with Gasteiger partial charge in [-0.05, 0) is 27.7 Å². The molecule has 32 heavy (non-hydrogen) atoms. The van der Waals surface area contributed by atoms with E-state index in [1.807, 2.05) is 6.92 Å². The SMILES string of the molecule is CNC(=O)c1csc2c(C(F)(F)F)cc(O[C@@H]3CCN(C(=O)OC(C)(C)C)[C@@H](C)C3)nc12. The van der Waals surface area contributed by atoms with Gasteiger partial charge in [0.05, 0.1) is 21.3 Å². The lowest BCUT2D eigenvalue weighted by Gasteiger charge is -2.38. The highest BCUT2D eigenvalue weighted by Crippen LogP contribution is 2.40. The van der Waals surface area contributed by atoms with E-state index in [0.29, 0.717) is 19.4 Å². The fourth-order valence-corrected chi connectivity index (χ4v) is 4.57. The molecule has 0 bridgehead atoms. The lowest BCUT2D eigenvalue weighted by molar-refractivity contribution is -0.136. The third-order valence-corrected chi connectivity index (χ3v) is 6.02. The van der Waals surface area contributed by atoms with Crippen molar-refractivity contribution >= 4 is 33.6 Å². The molecule has 176 valence electrons. The number of hydrogen-bond donors (Lipinski definition) is 1. The van der Waals surface area contributed by atoms with Crippen LogP contribution in [0.15, 0.2) is 11.4 Å². The highest BCUT2D eigenvalue weighted by Gasteiger charge is 2.37. The smallest absolute Gasteiger partial charge is 0.418 e. The molecule has 3 rings (SSSR count). The maximum atomic E-state index is 13.7. The number of amides is 2. The molecule has 0 saturated carbocycles. The van der Waals surface area contributed by atoms with Gasteiger partial charge in [0.1, 0.15) is 11.7 Å². The van der Waals surface area contributed by atoms with Gasteiger partial charge in [-0.25, -0.2) is 9.78 Å². The number of thiophene rings is 1. The van der Waals surface area contributed by atoms with E-state index in [0.717, 1.165) is 17.4 Å². The van der Waals surface area contributed by atoms with E-state index >= 15 is 0 Å². The molecule has 1 aliphatic rings.